The van der Waals surface area contributed by atoms with Crippen LogP contribution in [0.1, 0.15) is 24.2 Å². The molecule has 2 fully saturated rings. The molecular formula is C30H38O16. The summed E-state index contributed by atoms with van der Waals surface area (Å²) in [5.74, 6) is -2.53. The van der Waals surface area contributed by atoms with Crippen LogP contribution in [0.15, 0.2) is 42.5 Å². The average molecular weight is 655 g/mol. The van der Waals surface area contributed by atoms with E-state index in [2.05, 4.69) is 0 Å². The van der Waals surface area contributed by atoms with Gasteiger partial charge in [-0.05, 0) is 48.4 Å². The van der Waals surface area contributed by atoms with Crippen LogP contribution in [-0.4, -0.2) is 134 Å². The number of ether oxygens (including phenoxy) is 6. The highest BCUT2D eigenvalue weighted by Crippen LogP contribution is 2.32. The Labute approximate surface area is 262 Å². The van der Waals surface area contributed by atoms with Crippen molar-refractivity contribution in [1.82, 2.24) is 0 Å². The maximum absolute atomic E-state index is 12.7. The topological polar surface area (TPSA) is 255 Å². The van der Waals surface area contributed by atoms with E-state index < -0.39 is 91.6 Å². The summed E-state index contributed by atoms with van der Waals surface area (Å²) in [5, 5.41) is 90.9. The molecule has 0 aliphatic carbocycles. The molecule has 16 nitrogen and oxygen atoms in total. The average Bonchev–Trinajstić information content (AvgIpc) is 3.03. The van der Waals surface area contributed by atoms with Crippen LogP contribution in [0.3, 0.4) is 0 Å². The Bertz CT molecular complexity index is 1350. The van der Waals surface area contributed by atoms with Gasteiger partial charge in [0.25, 0.3) is 0 Å². The van der Waals surface area contributed by atoms with E-state index >= 15 is 0 Å². The zero-order chi connectivity index (χ0) is 33.7. The van der Waals surface area contributed by atoms with Crippen molar-refractivity contribution in [2.45, 2.75) is 74.4 Å². The van der Waals surface area contributed by atoms with Gasteiger partial charge in [-0.15, -0.1) is 0 Å². The normalized spacial score (nSPS) is 32.3. The minimum atomic E-state index is -1.80. The Hall–Kier alpha value is -3.55. The third kappa shape index (κ3) is 8.23. The highest BCUT2D eigenvalue weighted by atomic mass is 16.7. The quantitative estimate of drug-likeness (QED) is 0.0811. The van der Waals surface area contributed by atoms with Gasteiger partial charge in [-0.2, -0.15) is 0 Å². The Morgan fingerprint density at radius 2 is 1.43 bits per heavy atom. The molecular weight excluding hydrogens is 616 g/mol. The fourth-order valence-corrected chi connectivity index (χ4v) is 4.87. The second kappa shape index (κ2) is 15.4. The number of esters is 1. The Morgan fingerprint density at radius 1 is 0.804 bits per heavy atom. The van der Waals surface area contributed by atoms with Gasteiger partial charge in [0.05, 0.1) is 19.3 Å². The minimum absolute atomic E-state index is 0.276. The van der Waals surface area contributed by atoms with Crippen molar-refractivity contribution in [3.05, 3.63) is 53.6 Å². The molecule has 0 bridgehead atoms. The number of phenolic OH excluding ortho intramolecular Hbond substituents is 4. The predicted molar refractivity (Wildman–Crippen MR) is 153 cm³/mol. The van der Waals surface area contributed by atoms with Crippen LogP contribution in [0, 0.1) is 0 Å². The van der Waals surface area contributed by atoms with E-state index in [0.29, 0.717) is 11.1 Å². The molecule has 0 aromatic heterocycles. The number of hydrogen-bond donors (Lipinski definition) is 9. The molecule has 11 atom stereocenters. The van der Waals surface area contributed by atoms with E-state index in [1.54, 1.807) is 0 Å². The zero-order valence-corrected chi connectivity index (χ0v) is 24.8. The molecule has 2 saturated heterocycles. The molecule has 16 heteroatoms. The zero-order valence-electron chi connectivity index (χ0n) is 24.8. The molecule has 4 rings (SSSR count). The molecule has 2 aromatic rings. The summed E-state index contributed by atoms with van der Waals surface area (Å²) >= 11 is 0. The first-order chi connectivity index (χ1) is 21.8. The molecule has 2 aromatic carbocycles. The fraction of sp³-hybridized carbons (Fsp3) is 0.500. The van der Waals surface area contributed by atoms with E-state index in [0.717, 1.165) is 6.08 Å². The van der Waals surface area contributed by atoms with Crippen LogP contribution < -0.4 is 0 Å². The predicted octanol–water partition coefficient (Wildman–Crippen LogP) is -0.871. The third-order valence-electron chi connectivity index (χ3n) is 7.61. The minimum Gasteiger partial charge on any atom is -0.504 e. The largest absolute Gasteiger partial charge is 0.504 e. The molecule has 9 N–H and O–H groups in total. The monoisotopic (exact) mass is 654 g/mol. The lowest BCUT2D eigenvalue weighted by Crippen LogP contribution is -2.62. The van der Waals surface area contributed by atoms with Gasteiger partial charge in [-0.25, -0.2) is 4.79 Å². The first-order valence-electron chi connectivity index (χ1n) is 14.2. The number of rotatable bonds is 11. The van der Waals surface area contributed by atoms with Crippen LogP contribution in [0.5, 0.6) is 23.0 Å². The van der Waals surface area contributed by atoms with Gasteiger partial charge in [0.1, 0.15) is 42.7 Å². The maximum Gasteiger partial charge on any atom is 0.331 e. The molecule has 254 valence electrons. The molecule has 2 heterocycles. The van der Waals surface area contributed by atoms with Crippen LogP contribution in [0.25, 0.3) is 6.08 Å². The van der Waals surface area contributed by atoms with Gasteiger partial charge in [-0.1, -0.05) is 12.1 Å². The van der Waals surface area contributed by atoms with Crippen molar-refractivity contribution >= 4 is 12.0 Å². The van der Waals surface area contributed by atoms with Crippen molar-refractivity contribution in [2.75, 3.05) is 20.3 Å². The maximum atomic E-state index is 12.7. The van der Waals surface area contributed by atoms with Gasteiger partial charge in [0, 0.05) is 13.2 Å². The molecule has 46 heavy (non-hydrogen) atoms. The van der Waals surface area contributed by atoms with Crippen molar-refractivity contribution < 1.29 is 79.2 Å². The number of benzene rings is 2. The summed E-state index contributed by atoms with van der Waals surface area (Å²) in [7, 11) is 1.35. The summed E-state index contributed by atoms with van der Waals surface area (Å²) in [6, 6.07) is 7.78. The summed E-state index contributed by atoms with van der Waals surface area (Å²) in [5.41, 5.74) is 0.733. The molecule has 0 unspecified atom stereocenters. The van der Waals surface area contributed by atoms with E-state index in [-0.39, 0.29) is 18.1 Å². The van der Waals surface area contributed by atoms with Crippen molar-refractivity contribution in [3.63, 3.8) is 0 Å². The first kappa shape index (κ1) is 35.3. The lowest BCUT2D eigenvalue weighted by Gasteiger charge is -2.43. The Balaban J connectivity index is 1.49. The lowest BCUT2D eigenvalue weighted by molar-refractivity contribution is -0.330. The highest BCUT2D eigenvalue weighted by molar-refractivity contribution is 5.87. The summed E-state index contributed by atoms with van der Waals surface area (Å²) in [4.78, 5) is 12.7. The van der Waals surface area contributed by atoms with Crippen molar-refractivity contribution in [1.29, 1.82) is 0 Å². The number of hydrogen-bond acceptors (Lipinski definition) is 16. The summed E-state index contributed by atoms with van der Waals surface area (Å²) in [6.45, 7) is 0.636. The van der Waals surface area contributed by atoms with Crippen LogP contribution in [0.2, 0.25) is 0 Å². The lowest BCUT2D eigenvalue weighted by atomic mass is 9.98. The molecule has 0 amide bonds. The van der Waals surface area contributed by atoms with Gasteiger partial charge in [-0.3, -0.25) is 0 Å². The molecule has 2 aliphatic heterocycles. The van der Waals surface area contributed by atoms with Gasteiger partial charge in [0.15, 0.2) is 41.7 Å². The first-order valence-corrected chi connectivity index (χ1v) is 14.2. The Morgan fingerprint density at radius 3 is 2.09 bits per heavy atom. The molecule has 2 aliphatic rings. The van der Waals surface area contributed by atoms with E-state index in [1.807, 2.05) is 0 Å². The number of phenols is 4. The number of methoxy groups -OCH3 is 1. The Kier molecular flexibility index (Phi) is 11.8. The second-order valence-electron chi connectivity index (χ2n) is 10.8. The van der Waals surface area contributed by atoms with E-state index in [1.165, 1.54) is 56.5 Å². The van der Waals surface area contributed by atoms with Crippen molar-refractivity contribution in [2.24, 2.45) is 0 Å². The summed E-state index contributed by atoms with van der Waals surface area (Å²) < 4.78 is 33.4. The van der Waals surface area contributed by atoms with Crippen LogP contribution in [0.4, 0.5) is 0 Å². The molecule has 0 spiro atoms. The number of carbonyl (C=O) groups is 1. The fourth-order valence-electron chi connectivity index (χ4n) is 4.87. The SMILES string of the molecule is CO[C@H](CO[C@@H]1O[C@@H](CO[C@@H]2O[C@H](C)[C@H](O)[C@@H](O)[C@H]2O)[C@@H](OC(=O)C=Cc2ccc(O)c(O)c2)[C@H](O)[C@H]1O)c1ccc(O)c(O)c1. The highest BCUT2D eigenvalue weighted by Gasteiger charge is 2.49. The van der Waals surface area contributed by atoms with Crippen molar-refractivity contribution in [3.8, 4) is 23.0 Å². The second-order valence-corrected chi connectivity index (χ2v) is 10.8. The standard InChI is InChI=1S/C30H38O16/c1-13-23(36)24(37)26(39)29(44-13)43-12-21-28(46-22(35)8-4-14-3-6-16(31)18(33)9-14)25(38)27(40)30(45-21)42-11-20(41-2)15-5-7-17(32)19(34)10-15/h3-10,13,20-21,23-34,36-40H,11-12H2,1-2H3/t13-,20-,21+,23+,24-,25-,26-,27-,28-,29-,30-/m1/s1. The van der Waals surface area contributed by atoms with Crippen LogP contribution in [-0.2, 0) is 33.2 Å². The molecule has 0 saturated carbocycles. The number of aliphatic hydroxyl groups excluding tert-OH is 5. The number of aliphatic hydroxyl groups is 5. The van der Waals surface area contributed by atoms with Gasteiger partial charge < -0.3 is 74.4 Å². The molecule has 0 radical (unpaired) electrons. The van der Waals surface area contributed by atoms with Gasteiger partial charge >= 0.3 is 5.97 Å². The number of aromatic hydroxyl groups is 4. The van der Waals surface area contributed by atoms with E-state index in [9.17, 15) is 50.8 Å². The third-order valence-corrected chi connectivity index (χ3v) is 7.61. The smallest absolute Gasteiger partial charge is 0.331 e. The summed E-state index contributed by atoms with van der Waals surface area (Å²) in [6.07, 6.45) is -13.7. The van der Waals surface area contributed by atoms with Crippen LogP contribution >= 0.6 is 0 Å². The van der Waals surface area contributed by atoms with Gasteiger partial charge in [0.2, 0.25) is 0 Å². The van der Waals surface area contributed by atoms with E-state index in [4.69, 9.17) is 28.4 Å². The number of carbonyl (C=O) groups excluding carboxylic acids is 1.